The zero-order valence-corrected chi connectivity index (χ0v) is 10.4. The van der Waals surface area contributed by atoms with Gasteiger partial charge in [-0.2, -0.15) is 18.2 Å². The first kappa shape index (κ1) is 13.1. The van der Waals surface area contributed by atoms with Crippen molar-refractivity contribution >= 4 is 0 Å². The van der Waals surface area contributed by atoms with Crippen molar-refractivity contribution < 1.29 is 22.4 Å². The molecule has 0 amide bonds. The average Bonchev–Trinajstić information content (AvgIpc) is 3.09. The summed E-state index contributed by atoms with van der Waals surface area (Å²) in [4.78, 5) is 4.03. The molecule has 0 radical (unpaired) electrons. The Hall–Kier alpha value is -1.89. The monoisotopic (exact) mass is 284 g/mol. The summed E-state index contributed by atoms with van der Waals surface area (Å²) in [7, 11) is 0. The average molecular weight is 284 g/mol. The van der Waals surface area contributed by atoms with E-state index in [2.05, 4.69) is 10.1 Å². The molecular formula is C13H11F3N2O2. The van der Waals surface area contributed by atoms with E-state index in [-0.39, 0.29) is 23.4 Å². The number of alkyl halides is 3. The molecule has 0 N–H and O–H groups in total. The van der Waals surface area contributed by atoms with E-state index in [0.29, 0.717) is 6.61 Å². The van der Waals surface area contributed by atoms with Crippen molar-refractivity contribution in [2.45, 2.75) is 25.1 Å². The second-order valence-electron chi connectivity index (χ2n) is 4.50. The van der Waals surface area contributed by atoms with Crippen molar-refractivity contribution in [1.29, 1.82) is 0 Å². The van der Waals surface area contributed by atoms with Gasteiger partial charge in [0.15, 0.2) is 0 Å². The summed E-state index contributed by atoms with van der Waals surface area (Å²) in [5.41, 5.74) is -0.868. The van der Waals surface area contributed by atoms with Crippen LogP contribution in [0.1, 0.15) is 30.4 Å². The van der Waals surface area contributed by atoms with Crippen molar-refractivity contribution in [3.8, 4) is 11.4 Å². The van der Waals surface area contributed by atoms with Gasteiger partial charge in [0.25, 0.3) is 5.89 Å². The highest BCUT2D eigenvalue weighted by Crippen LogP contribution is 2.36. The van der Waals surface area contributed by atoms with Crippen LogP contribution in [0.2, 0.25) is 0 Å². The normalized spacial score (nSPS) is 19.4. The Balaban J connectivity index is 1.97. The topological polar surface area (TPSA) is 48.2 Å². The zero-order valence-electron chi connectivity index (χ0n) is 10.4. The van der Waals surface area contributed by atoms with Crippen LogP contribution in [-0.4, -0.2) is 16.7 Å². The van der Waals surface area contributed by atoms with Gasteiger partial charge < -0.3 is 9.26 Å². The zero-order chi connectivity index (χ0) is 14.2. The van der Waals surface area contributed by atoms with Crippen LogP contribution in [-0.2, 0) is 10.9 Å². The molecular weight excluding hydrogens is 273 g/mol. The summed E-state index contributed by atoms with van der Waals surface area (Å²) in [5.74, 6) is 0.165. The van der Waals surface area contributed by atoms with Crippen LogP contribution in [0.25, 0.3) is 11.4 Å². The van der Waals surface area contributed by atoms with E-state index in [1.807, 2.05) is 0 Å². The molecule has 2 aromatic rings. The van der Waals surface area contributed by atoms with Gasteiger partial charge in [-0.1, -0.05) is 23.4 Å². The molecule has 1 atom stereocenters. The molecule has 0 saturated carbocycles. The predicted molar refractivity (Wildman–Crippen MR) is 62.7 cm³/mol. The number of hydrogen-bond donors (Lipinski definition) is 0. The smallest absolute Gasteiger partial charge is 0.368 e. The summed E-state index contributed by atoms with van der Waals surface area (Å²) < 4.78 is 49.2. The summed E-state index contributed by atoms with van der Waals surface area (Å²) >= 11 is 0. The highest BCUT2D eigenvalue weighted by Gasteiger charge is 2.35. The molecule has 1 aliphatic heterocycles. The molecule has 1 saturated heterocycles. The fourth-order valence-corrected chi connectivity index (χ4v) is 2.17. The van der Waals surface area contributed by atoms with Gasteiger partial charge in [0.2, 0.25) is 5.82 Å². The van der Waals surface area contributed by atoms with E-state index in [0.717, 1.165) is 18.9 Å². The molecule has 1 unspecified atom stereocenters. The molecule has 20 heavy (non-hydrogen) atoms. The Morgan fingerprint density at radius 3 is 2.70 bits per heavy atom. The minimum atomic E-state index is -4.46. The summed E-state index contributed by atoms with van der Waals surface area (Å²) in [6.45, 7) is 0.599. The highest BCUT2D eigenvalue weighted by molar-refractivity contribution is 5.60. The van der Waals surface area contributed by atoms with Gasteiger partial charge in [0.05, 0.1) is 5.56 Å². The van der Waals surface area contributed by atoms with Crippen molar-refractivity contribution in [1.82, 2.24) is 10.1 Å². The van der Waals surface area contributed by atoms with Crippen LogP contribution in [0.4, 0.5) is 13.2 Å². The first-order valence-corrected chi connectivity index (χ1v) is 6.17. The molecule has 7 heteroatoms. The van der Waals surface area contributed by atoms with Crippen LogP contribution < -0.4 is 0 Å². The minimum Gasteiger partial charge on any atom is -0.368 e. The Kier molecular flexibility index (Phi) is 3.21. The van der Waals surface area contributed by atoms with Gasteiger partial charge in [-0.15, -0.1) is 0 Å². The van der Waals surface area contributed by atoms with Crippen LogP contribution in [0, 0.1) is 0 Å². The largest absolute Gasteiger partial charge is 0.417 e. The SMILES string of the molecule is FC(F)(F)c1ccccc1-c1noc(C2CCCO2)n1. The number of nitrogens with zero attached hydrogens (tertiary/aromatic N) is 2. The first-order valence-electron chi connectivity index (χ1n) is 6.17. The minimum absolute atomic E-state index is 0.0663. The highest BCUT2D eigenvalue weighted by atomic mass is 19.4. The quantitative estimate of drug-likeness (QED) is 0.845. The van der Waals surface area contributed by atoms with Crippen LogP contribution >= 0.6 is 0 Å². The summed E-state index contributed by atoms with van der Waals surface area (Å²) in [6.07, 6.45) is -3.15. The molecule has 3 rings (SSSR count). The van der Waals surface area contributed by atoms with Crippen molar-refractivity contribution in [3.63, 3.8) is 0 Å². The second-order valence-corrected chi connectivity index (χ2v) is 4.50. The number of rotatable bonds is 2. The standard InChI is InChI=1S/C13H11F3N2O2/c14-13(15,16)9-5-2-1-4-8(9)11-17-12(20-18-11)10-6-3-7-19-10/h1-2,4-5,10H,3,6-7H2. The van der Waals surface area contributed by atoms with Crippen LogP contribution in [0.15, 0.2) is 28.8 Å². The lowest BCUT2D eigenvalue weighted by Crippen LogP contribution is -2.07. The van der Waals surface area contributed by atoms with E-state index in [9.17, 15) is 13.2 Å². The Labute approximate surface area is 112 Å². The van der Waals surface area contributed by atoms with Gasteiger partial charge in [0, 0.05) is 12.2 Å². The van der Waals surface area contributed by atoms with E-state index in [1.54, 1.807) is 0 Å². The van der Waals surface area contributed by atoms with Gasteiger partial charge in [-0.3, -0.25) is 0 Å². The van der Waals surface area contributed by atoms with Crippen molar-refractivity contribution in [2.75, 3.05) is 6.61 Å². The third-order valence-corrected chi connectivity index (χ3v) is 3.12. The van der Waals surface area contributed by atoms with Gasteiger partial charge in [-0.05, 0) is 18.9 Å². The maximum Gasteiger partial charge on any atom is 0.417 e. The molecule has 1 aliphatic rings. The van der Waals surface area contributed by atoms with Crippen molar-refractivity contribution in [2.24, 2.45) is 0 Å². The van der Waals surface area contributed by atoms with Gasteiger partial charge >= 0.3 is 6.18 Å². The maximum absolute atomic E-state index is 12.9. The molecule has 4 nitrogen and oxygen atoms in total. The van der Waals surface area contributed by atoms with Crippen LogP contribution in [0.3, 0.4) is 0 Å². The molecule has 0 spiro atoms. The molecule has 1 fully saturated rings. The van der Waals surface area contributed by atoms with E-state index >= 15 is 0 Å². The van der Waals surface area contributed by atoms with Gasteiger partial charge in [0.1, 0.15) is 6.10 Å². The Morgan fingerprint density at radius 2 is 2.00 bits per heavy atom. The molecule has 1 aromatic carbocycles. The first-order chi connectivity index (χ1) is 9.55. The van der Waals surface area contributed by atoms with Crippen molar-refractivity contribution in [3.05, 3.63) is 35.7 Å². The third kappa shape index (κ3) is 2.40. The molecule has 1 aromatic heterocycles. The number of aromatic nitrogens is 2. The lowest BCUT2D eigenvalue weighted by molar-refractivity contribution is -0.137. The third-order valence-electron chi connectivity index (χ3n) is 3.12. The number of halogens is 3. The number of ether oxygens (including phenoxy) is 1. The number of hydrogen-bond acceptors (Lipinski definition) is 4. The maximum atomic E-state index is 12.9. The van der Waals surface area contributed by atoms with E-state index in [1.165, 1.54) is 18.2 Å². The second kappa shape index (κ2) is 4.90. The predicted octanol–water partition coefficient (Wildman–Crippen LogP) is 3.61. The molecule has 0 bridgehead atoms. The fourth-order valence-electron chi connectivity index (χ4n) is 2.17. The lowest BCUT2D eigenvalue weighted by Gasteiger charge is -2.09. The number of benzene rings is 1. The van der Waals surface area contributed by atoms with Crippen LogP contribution in [0.5, 0.6) is 0 Å². The molecule has 0 aliphatic carbocycles. The molecule has 106 valence electrons. The Morgan fingerprint density at radius 1 is 1.20 bits per heavy atom. The Bertz CT molecular complexity index is 604. The van der Waals surface area contributed by atoms with Gasteiger partial charge in [-0.25, -0.2) is 0 Å². The van der Waals surface area contributed by atoms with E-state index < -0.39 is 11.7 Å². The molecule has 2 heterocycles. The summed E-state index contributed by atoms with van der Waals surface area (Å²) in [5, 5.41) is 3.64. The fraction of sp³-hybridized carbons (Fsp3) is 0.385. The van der Waals surface area contributed by atoms with E-state index in [4.69, 9.17) is 9.26 Å². The summed E-state index contributed by atoms with van der Waals surface area (Å²) in [6, 6.07) is 5.16. The lowest BCUT2D eigenvalue weighted by atomic mass is 10.1.